The van der Waals surface area contributed by atoms with Gasteiger partial charge in [-0.1, -0.05) is 77.9 Å². The van der Waals surface area contributed by atoms with Gasteiger partial charge in [-0.3, -0.25) is 0 Å². The van der Waals surface area contributed by atoms with E-state index in [2.05, 4.69) is 95.0 Å². The Kier molecular flexibility index (Phi) is 6.12. The summed E-state index contributed by atoms with van der Waals surface area (Å²) in [6.07, 6.45) is 0. The first-order chi connectivity index (χ1) is 14.0. The Morgan fingerprint density at radius 3 is 1.40 bits per heavy atom. The van der Waals surface area contributed by atoms with Gasteiger partial charge < -0.3 is 14.9 Å². The fraction of sp³-hybridized carbons (Fsp3) is 0.308. The Hall–Kier alpha value is -2.56. The quantitative estimate of drug-likeness (QED) is 0.573. The summed E-state index contributed by atoms with van der Waals surface area (Å²) >= 11 is 0. The molecule has 3 aromatic rings. The minimum Gasteiger partial charge on any atom is -0.423 e. The molecule has 0 saturated heterocycles. The van der Waals surface area contributed by atoms with Crippen molar-refractivity contribution >= 4 is 29.6 Å². The lowest BCUT2D eigenvalue weighted by atomic mass is 9.80. The minimum absolute atomic E-state index is 0.0820. The highest BCUT2D eigenvalue weighted by Gasteiger charge is 2.19. The van der Waals surface area contributed by atoms with Gasteiger partial charge in [-0.05, 0) is 63.8 Å². The molecule has 3 aromatic carbocycles. The number of hydrogen-bond acceptors (Lipinski definition) is 3. The molecule has 0 aliphatic carbocycles. The second-order valence-corrected chi connectivity index (χ2v) is 9.90. The smallest absolute Gasteiger partial charge is 0.423 e. The van der Waals surface area contributed by atoms with Gasteiger partial charge in [0, 0.05) is 17.1 Å². The molecule has 0 unspecified atom stereocenters. The van der Waals surface area contributed by atoms with E-state index in [9.17, 15) is 10.0 Å². The average Bonchev–Trinajstić information content (AvgIpc) is 2.68. The van der Waals surface area contributed by atoms with Crippen LogP contribution in [0, 0.1) is 0 Å². The predicted molar refractivity (Wildman–Crippen MR) is 128 cm³/mol. The van der Waals surface area contributed by atoms with Crippen molar-refractivity contribution in [1.82, 2.24) is 0 Å². The van der Waals surface area contributed by atoms with Crippen molar-refractivity contribution in [3.05, 3.63) is 83.9 Å². The van der Waals surface area contributed by atoms with Crippen LogP contribution in [0.25, 0.3) is 0 Å². The van der Waals surface area contributed by atoms with Gasteiger partial charge in [0.25, 0.3) is 0 Å². The number of nitrogens with zero attached hydrogens (tertiary/aromatic N) is 1. The van der Waals surface area contributed by atoms with Gasteiger partial charge in [0.05, 0.1) is 0 Å². The van der Waals surface area contributed by atoms with Crippen molar-refractivity contribution in [3.8, 4) is 0 Å². The van der Waals surface area contributed by atoms with Gasteiger partial charge in [-0.15, -0.1) is 0 Å². The van der Waals surface area contributed by atoms with Gasteiger partial charge in [0.1, 0.15) is 0 Å². The molecule has 0 radical (unpaired) electrons. The fourth-order valence-electron chi connectivity index (χ4n) is 3.49. The van der Waals surface area contributed by atoms with Gasteiger partial charge in [0.2, 0.25) is 0 Å². The Morgan fingerprint density at radius 1 is 0.600 bits per heavy atom. The highest BCUT2D eigenvalue weighted by molar-refractivity contribution is 6.58. The molecule has 0 bridgehead atoms. The molecule has 156 valence electrons. The average molecular weight is 401 g/mol. The Labute approximate surface area is 181 Å². The zero-order valence-electron chi connectivity index (χ0n) is 18.8. The van der Waals surface area contributed by atoms with Crippen molar-refractivity contribution in [2.75, 3.05) is 4.90 Å². The van der Waals surface area contributed by atoms with E-state index >= 15 is 0 Å². The Bertz CT molecular complexity index is 924. The first kappa shape index (κ1) is 22.1. The standard InChI is InChI=1S/C26H32BNO2/c1-25(2,3)19-10-14-22(15-11-19)28(24-9-7-8-21(18-24)27(29)30)23-16-12-20(13-17-23)26(4,5)6/h7-18,29-30H,1-6H3. The lowest BCUT2D eigenvalue weighted by Gasteiger charge is -2.28. The molecule has 0 saturated carbocycles. The van der Waals surface area contributed by atoms with E-state index in [1.165, 1.54) is 11.1 Å². The van der Waals surface area contributed by atoms with Crippen LogP contribution in [0.3, 0.4) is 0 Å². The third-order valence-corrected chi connectivity index (χ3v) is 5.41. The SMILES string of the molecule is CC(C)(C)c1ccc(N(c2ccc(C(C)(C)C)cc2)c2cccc(B(O)O)c2)cc1. The van der Waals surface area contributed by atoms with E-state index in [0.29, 0.717) is 5.46 Å². The normalized spacial score (nSPS) is 12.0. The van der Waals surface area contributed by atoms with E-state index in [4.69, 9.17) is 0 Å². The van der Waals surface area contributed by atoms with Crippen LogP contribution in [0.4, 0.5) is 17.1 Å². The lowest BCUT2D eigenvalue weighted by Crippen LogP contribution is -2.30. The lowest BCUT2D eigenvalue weighted by molar-refractivity contribution is 0.426. The van der Waals surface area contributed by atoms with E-state index in [-0.39, 0.29) is 10.8 Å². The molecule has 0 aromatic heterocycles. The molecule has 0 atom stereocenters. The maximum atomic E-state index is 9.66. The van der Waals surface area contributed by atoms with Gasteiger partial charge in [0.15, 0.2) is 0 Å². The topological polar surface area (TPSA) is 43.7 Å². The molecule has 0 aliphatic rings. The molecule has 30 heavy (non-hydrogen) atoms. The van der Waals surface area contributed by atoms with Crippen LogP contribution in [0.2, 0.25) is 0 Å². The van der Waals surface area contributed by atoms with Crippen molar-refractivity contribution in [3.63, 3.8) is 0 Å². The number of anilines is 3. The van der Waals surface area contributed by atoms with Crippen LogP contribution < -0.4 is 10.4 Å². The van der Waals surface area contributed by atoms with E-state index in [1.54, 1.807) is 6.07 Å². The zero-order valence-corrected chi connectivity index (χ0v) is 18.8. The second-order valence-electron chi connectivity index (χ2n) is 9.90. The molecule has 0 heterocycles. The van der Waals surface area contributed by atoms with Crippen molar-refractivity contribution in [1.29, 1.82) is 0 Å². The van der Waals surface area contributed by atoms with Crippen LogP contribution in [0.1, 0.15) is 52.7 Å². The first-order valence-corrected chi connectivity index (χ1v) is 10.4. The fourth-order valence-corrected chi connectivity index (χ4v) is 3.49. The summed E-state index contributed by atoms with van der Waals surface area (Å²) in [6, 6.07) is 24.5. The number of hydrogen-bond donors (Lipinski definition) is 2. The summed E-state index contributed by atoms with van der Waals surface area (Å²) in [5.41, 5.74) is 6.11. The van der Waals surface area contributed by atoms with Crippen LogP contribution >= 0.6 is 0 Å². The molecule has 3 rings (SSSR count). The summed E-state index contributed by atoms with van der Waals surface area (Å²) in [7, 11) is -1.50. The summed E-state index contributed by atoms with van der Waals surface area (Å²) in [5.74, 6) is 0. The highest BCUT2D eigenvalue weighted by atomic mass is 16.4. The van der Waals surface area contributed by atoms with Gasteiger partial charge >= 0.3 is 7.12 Å². The molecule has 0 amide bonds. The molecule has 3 nitrogen and oxygen atoms in total. The van der Waals surface area contributed by atoms with Gasteiger partial charge in [-0.25, -0.2) is 0 Å². The Morgan fingerprint density at radius 2 is 1.03 bits per heavy atom. The van der Waals surface area contributed by atoms with E-state index in [0.717, 1.165) is 17.1 Å². The van der Waals surface area contributed by atoms with Crippen LogP contribution in [0.5, 0.6) is 0 Å². The molecule has 0 fully saturated rings. The third-order valence-electron chi connectivity index (χ3n) is 5.41. The maximum Gasteiger partial charge on any atom is 0.488 e. The largest absolute Gasteiger partial charge is 0.488 e. The number of benzene rings is 3. The monoisotopic (exact) mass is 401 g/mol. The van der Waals surface area contributed by atoms with Crippen molar-refractivity contribution in [2.45, 2.75) is 52.4 Å². The molecular weight excluding hydrogens is 369 g/mol. The summed E-state index contributed by atoms with van der Waals surface area (Å²) < 4.78 is 0. The zero-order chi connectivity index (χ0) is 22.1. The summed E-state index contributed by atoms with van der Waals surface area (Å²) in [6.45, 7) is 13.2. The van der Waals surface area contributed by atoms with Gasteiger partial charge in [-0.2, -0.15) is 0 Å². The van der Waals surface area contributed by atoms with Crippen LogP contribution in [0.15, 0.2) is 72.8 Å². The second kappa shape index (κ2) is 8.29. The van der Waals surface area contributed by atoms with Crippen molar-refractivity contribution in [2.24, 2.45) is 0 Å². The summed E-state index contributed by atoms with van der Waals surface area (Å²) in [4.78, 5) is 2.14. The predicted octanol–water partition coefficient (Wildman–Crippen LogP) is 5.43. The third kappa shape index (κ3) is 4.95. The number of rotatable bonds is 4. The van der Waals surface area contributed by atoms with E-state index < -0.39 is 7.12 Å². The maximum absolute atomic E-state index is 9.66. The Balaban J connectivity index is 2.11. The molecular formula is C26H32BNO2. The van der Waals surface area contributed by atoms with Crippen LogP contribution in [-0.4, -0.2) is 17.2 Å². The van der Waals surface area contributed by atoms with E-state index in [1.807, 2.05) is 18.2 Å². The molecule has 2 N–H and O–H groups in total. The van der Waals surface area contributed by atoms with Crippen molar-refractivity contribution < 1.29 is 10.0 Å². The highest BCUT2D eigenvalue weighted by Crippen LogP contribution is 2.36. The molecule has 0 spiro atoms. The van der Waals surface area contributed by atoms with Crippen LogP contribution in [-0.2, 0) is 10.8 Å². The minimum atomic E-state index is -1.50. The molecule has 4 heteroatoms. The summed E-state index contributed by atoms with van der Waals surface area (Å²) in [5, 5.41) is 19.3. The molecule has 0 aliphatic heterocycles. The first-order valence-electron chi connectivity index (χ1n) is 10.4.